The van der Waals surface area contributed by atoms with E-state index in [1.54, 1.807) is 31.4 Å². The Morgan fingerprint density at radius 3 is 2.50 bits per heavy atom. The summed E-state index contributed by atoms with van der Waals surface area (Å²) in [5, 5.41) is 2.91. The maximum atomic E-state index is 13.2. The molecule has 1 aromatic heterocycles. The van der Waals surface area contributed by atoms with E-state index in [4.69, 9.17) is 9.72 Å². The Hall–Kier alpha value is -3.67. The number of nitrogens with zero attached hydrogens (tertiary/aromatic N) is 2. The lowest BCUT2D eigenvalue weighted by atomic mass is 10.1. The van der Waals surface area contributed by atoms with Crippen LogP contribution in [0.2, 0.25) is 0 Å². The molecule has 152 valence electrons. The fourth-order valence-electron chi connectivity index (χ4n) is 3.41. The first kappa shape index (κ1) is 19.6. The summed E-state index contributed by atoms with van der Waals surface area (Å²) in [6.45, 7) is 0.499. The zero-order chi connectivity index (χ0) is 20.9. The highest BCUT2D eigenvalue weighted by molar-refractivity contribution is 5.90. The van der Waals surface area contributed by atoms with Crippen LogP contribution < -0.4 is 10.1 Å². The first-order valence-corrected chi connectivity index (χ1v) is 9.75. The molecule has 4 rings (SSSR count). The molecule has 3 aromatic carbocycles. The number of ether oxygens (including phenoxy) is 1. The van der Waals surface area contributed by atoms with E-state index in [0.29, 0.717) is 19.4 Å². The number of nitrogens with one attached hydrogen (secondary N) is 1. The number of aromatic nitrogens is 2. The number of carbonyl (C=O) groups is 1. The first-order valence-electron chi connectivity index (χ1n) is 9.75. The van der Waals surface area contributed by atoms with E-state index in [1.807, 2.05) is 36.4 Å². The van der Waals surface area contributed by atoms with Crippen molar-refractivity contribution >= 4 is 22.6 Å². The summed E-state index contributed by atoms with van der Waals surface area (Å²) in [7, 11) is 1.60. The highest BCUT2D eigenvalue weighted by atomic mass is 19.1. The van der Waals surface area contributed by atoms with Crippen molar-refractivity contribution in [3.8, 4) is 5.75 Å². The molecule has 5 nitrogen and oxygen atoms in total. The zero-order valence-electron chi connectivity index (χ0n) is 16.6. The maximum absolute atomic E-state index is 13.2. The van der Waals surface area contributed by atoms with E-state index < -0.39 is 0 Å². The van der Waals surface area contributed by atoms with Gasteiger partial charge in [0.2, 0.25) is 5.91 Å². The van der Waals surface area contributed by atoms with Gasteiger partial charge in [-0.25, -0.2) is 9.37 Å². The fourth-order valence-corrected chi connectivity index (χ4v) is 3.41. The topological polar surface area (TPSA) is 56.1 Å². The summed E-state index contributed by atoms with van der Waals surface area (Å²) >= 11 is 0. The predicted molar refractivity (Wildman–Crippen MR) is 115 cm³/mol. The van der Waals surface area contributed by atoms with Gasteiger partial charge in [-0.3, -0.25) is 4.79 Å². The average molecular weight is 403 g/mol. The highest BCUT2D eigenvalue weighted by Gasteiger charge is 2.13. The van der Waals surface area contributed by atoms with Crippen LogP contribution in [0.15, 0.2) is 72.8 Å². The maximum Gasteiger partial charge on any atom is 0.226 e. The lowest BCUT2D eigenvalue weighted by Crippen LogP contribution is -2.15. The number of carbonyl (C=O) groups excluding carboxylic acids is 1. The number of imidazole rings is 1. The Kier molecular flexibility index (Phi) is 5.75. The van der Waals surface area contributed by atoms with Gasteiger partial charge in [-0.2, -0.15) is 0 Å². The lowest BCUT2D eigenvalue weighted by Gasteiger charge is -2.10. The van der Waals surface area contributed by atoms with Crippen molar-refractivity contribution in [2.75, 3.05) is 12.4 Å². The molecule has 4 aromatic rings. The van der Waals surface area contributed by atoms with E-state index in [2.05, 4.69) is 9.88 Å². The number of aryl methyl sites for hydroxylation is 1. The number of halogens is 1. The minimum Gasteiger partial charge on any atom is -0.497 e. The fraction of sp³-hybridized carbons (Fsp3) is 0.167. The Morgan fingerprint density at radius 2 is 1.77 bits per heavy atom. The second-order valence-corrected chi connectivity index (χ2v) is 7.00. The van der Waals surface area contributed by atoms with Crippen LogP contribution in [0.5, 0.6) is 5.75 Å². The van der Waals surface area contributed by atoms with Crippen LogP contribution >= 0.6 is 0 Å². The molecule has 30 heavy (non-hydrogen) atoms. The molecule has 0 radical (unpaired) electrons. The van der Waals surface area contributed by atoms with Crippen molar-refractivity contribution in [2.45, 2.75) is 19.4 Å². The van der Waals surface area contributed by atoms with Crippen molar-refractivity contribution in [1.82, 2.24) is 9.55 Å². The molecule has 0 spiro atoms. The largest absolute Gasteiger partial charge is 0.497 e. The van der Waals surface area contributed by atoms with Gasteiger partial charge >= 0.3 is 0 Å². The molecule has 0 unspecified atom stereocenters. The van der Waals surface area contributed by atoms with E-state index in [0.717, 1.165) is 33.9 Å². The number of para-hydroxylation sites is 2. The van der Waals surface area contributed by atoms with Crippen molar-refractivity contribution in [2.24, 2.45) is 0 Å². The quantitative estimate of drug-likeness (QED) is 0.482. The van der Waals surface area contributed by atoms with Gasteiger partial charge < -0.3 is 14.6 Å². The molecule has 0 saturated carbocycles. The van der Waals surface area contributed by atoms with Crippen LogP contribution in [-0.2, 0) is 17.8 Å². The molecule has 1 heterocycles. The number of hydrogen-bond acceptors (Lipinski definition) is 3. The molecule has 0 saturated heterocycles. The number of amides is 1. The van der Waals surface area contributed by atoms with Crippen LogP contribution in [0.1, 0.15) is 17.8 Å². The molecule has 1 N–H and O–H groups in total. The number of anilines is 1. The predicted octanol–water partition coefficient (Wildman–Crippen LogP) is 4.80. The minimum absolute atomic E-state index is 0.0781. The van der Waals surface area contributed by atoms with Gasteiger partial charge in [0.25, 0.3) is 0 Å². The third-order valence-electron chi connectivity index (χ3n) is 4.95. The second kappa shape index (κ2) is 8.78. The van der Waals surface area contributed by atoms with Crippen molar-refractivity contribution < 1.29 is 13.9 Å². The summed E-state index contributed by atoms with van der Waals surface area (Å²) in [5.74, 6) is 1.25. The normalized spacial score (nSPS) is 10.9. The number of benzene rings is 3. The second-order valence-electron chi connectivity index (χ2n) is 7.00. The summed E-state index contributed by atoms with van der Waals surface area (Å²) in [5.41, 5.74) is 3.55. The van der Waals surface area contributed by atoms with Crippen LogP contribution in [0.4, 0.5) is 10.1 Å². The average Bonchev–Trinajstić information content (AvgIpc) is 3.11. The SMILES string of the molecule is COc1ccc(NC(=O)CCn2c(Cc3ccc(F)cc3)nc3ccccc32)cc1. The molecule has 6 heteroatoms. The van der Waals surface area contributed by atoms with Crippen LogP contribution in [-0.4, -0.2) is 22.6 Å². The summed E-state index contributed by atoms with van der Waals surface area (Å²) < 4.78 is 20.4. The van der Waals surface area contributed by atoms with Crippen molar-refractivity contribution in [3.05, 3.63) is 90.0 Å². The number of hydrogen-bond donors (Lipinski definition) is 1. The Labute approximate surface area is 174 Å². The molecule has 0 atom stereocenters. The highest BCUT2D eigenvalue weighted by Crippen LogP contribution is 2.20. The van der Waals surface area contributed by atoms with Gasteiger partial charge in [-0.1, -0.05) is 24.3 Å². The van der Waals surface area contributed by atoms with Crippen LogP contribution in [0.3, 0.4) is 0 Å². The Morgan fingerprint density at radius 1 is 1.03 bits per heavy atom. The molecule has 0 bridgehead atoms. The van der Waals surface area contributed by atoms with Gasteiger partial charge in [0.15, 0.2) is 0 Å². The molecule has 0 aliphatic carbocycles. The Bertz CT molecular complexity index is 1150. The van der Waals surface area contributed by atoms with E-state index in [1.165, 1.54) is 12.1 Å². The van der Waals surface area contributed by atoms with E-state index in [9.17, 15) is 9.18 Å². The molecule has 0 fully saturated rings. The van der Waals surface area contributed by atoms with Crippen LogP contribution in [0.25, 0.3) is 11.0 Å². The van der Waals surface area contributed by atoms with E-state index >= 15 is 0 Å². The summed E-state index contributed by atoms with van der Waals surface area (Å²) in [6.07, 6.45) is 0.873. The number of fused-ring (bicyclic) bond motifs is 1. The third kappa shape index (κ3) is 4.49. The monoisotopic (exact) mass is 403 g/mol. The van der Waals surface area contributed by atoms with Gasteiger partial charge in [-0.15, -0.1) is 0 Å². The summed E-state index contributed by atoms with van der Waals surface area (Å²) in [6, 6.07) is 21.5. The zero-order valence-corrected chi connectivity index (χ0v) is 16.6. The molecular weight excluding hydrogens is 381 g/mol. The van der Waals surface area contributed by atoms with Gasteiger partial charge in [0.1, 0.15) is 17.4 Å². The van der Waals surface area contributed by atoms with Gasteiger partial charge in [0, 0.05) is 25.1 Å². The molecular formula is C24H22FN3O2. The van der Waals surface area contributed by atoms with E-state index in [-0.39, 0.29) is 11.7 Å². The Balaban J connectivity index is 1.50. The van der Waals surface area contributed by atoms with Gasteiger partial charge in [-0.05, 0) is 54.1 Å². The third-order valence-corrected chi connectivity index (χ3v) is 4.95. The first-order chi connectivity index (χ1) is 14.6. The van der Waals surface area contributed by atoms with Crippen LogP contribution in [0, 0.1) is 5.82 Å². The number of rotatable bonds is 7. The molecule has 0 aliphatic heterocycles. The van der Waals surface area contributed by atoms with Gasteiger partial charge in [0.05, 0.1) is 18.1 Å². The van der Waals surface area contributed by atoms with Crippen molar-refractivity contribution in [1.29, 1.82) is 0 Å². The molecule has 0 aliphatic rings. The summed E-state index contributed by atoms with van der Waals surface area (Å²) in [4.78, 5) is 17.2. The standard InChI is InChI=1S/C24H22FN3O2/c1-30-20-12-10-19(11-13-20)26-24(29)14-15-28-22-5-3-2-4-21(22)27-23(28)16-17-6-8-18(25)9-7-17/h2-13H,14-16H2,1H3,(H,26,29). The molecule has 1 amide bonds. The smallest absolute Gasteiger partial charge is 0.226 e. The minimum atomic E-state index is -0.262. The number of methoxy groups -OCH3 is 1. The lowest BCUT2D eigenvalue weighted by molar-refractivity contribution is -0.116. The van der Waals surface area contributed by atoms with Crippen molar-refractivity contribution in [3.63, 3.8) is 0 Å².